The lowest BCUT2D eigenvalue weighted by Crippen LogP contribution is -2.08. The molecule has 0 fully saturated rings. The first-order valence-electron chi connectivity index (χ1n) is 2.70. The van der Waals surface area contributed by atoms with Gasteiger partial charge in [0.25, 0.3) is 0 Å². The first kappa shape index (κ1) is 8.49. The SMILES string of the molecule is CCN(CC)P=NP. The molecule has 0 heterocycles. The molecule has 8 heavy (non-hydrogen) atoms. The maximum atomic E-state index is 3.89. The first-order valence-corrected chi connectivity index (χ1v) is 4.02. The van der Waals surface area contributed by atoms with E-state index in [0.29, 0.717) is 0 Å². The quantitative estimate of drug-likeness (QED) is 0.563. The van der Waals surface area contributed by atoms with Crippen LogP contribution in [0.4, 0.5) is 0 Å². The Morgan fingerprint density at radius 3 is 2.12 bits per heavy atom. The summed E-state index contributed by atoms with van der Waals surface area (Å²) in [6.07, 6.45) is 0. The fourth-order valence-corrected chi connectivity index (χ4v) is 1.26. The molecule has 0 bridgehead atoms. The highest BCUT2D eigenvalue weighted by Crippen LogP contribution is 2.10. The van der Waals surface area contributed by atoms with Gasteiger partial charge < -0.3 is 0 Å². The Labute approximate surface area is 54.9 Å². The van der Waals surface area contributed by atoms with Crippen LogP contribution in [0.2, 0.25) is 0 Å². The van der Waals surface area contributed by atoms with Crippen molar-refractivity contribution in [2.45, 2.75) is 13.8 Å². The van der Waals surface area contributed by atoms with Gasteiger partial charge in [-0.15, -0.1) is 0 Å². The highest BCUT2D eigenvalue weighted by molar-refractivity contribution is 7.33. The lowest BCUT2D eigenvalue weighted by atomic mass is 10.7. The summed E-state index contributed by atoms with van der Waals surface area (Å²) in [7, 11) is 3.42. The Hall–Kier alpha value is 0.490. The van der Waals surface area contributed by atoms with E-state index in [1.807, 2.05) is 0 Å². The molecule has 0 amide bonds. The van der Waals surface area contributed by atoms with Crippen LogP contribution in [0.1, 0.15) is 13.8 Å². The zero-order chi connectivity index (χ0) is 6.41. The summed E-state index contributed by atoms with van der Waals surface area (Å²) in [5.41, 5.74) is 0. The van der Waals surface area contributed by atoms with Gasteiger partial charge in [-0.25, -0.2) is 9.19 Å². The Morgan fingerprint density at radius 1 is 1.50 bits per heavy atom. The van der Waals surface area contributed by atoms with Crippen LogP contribution in [0, 0.1) is 0 Å². The Bertz CT molecular complexity index is 70.4. The molecule has 0 aromatic rings. The van der Waals surface area contributed by atoms with Crippen LogP contribution in [0.15, 0.2) is 4.52 Å². The average Bonchev–Trinajstić information content (AvgIpc) is 1.83. The van der Waals surface area contributed by atoms with Crippen LogP contribution in [0.3, 0.4) is 0 Å². The van der Waals surface area contributed by atoms with Gasteiger partial charge in [-0.3, -0.25) is 0 Å². The molecule has 1 unspecified atom stereocenters. The molecular formula is C4H12N2P2. The van der Waals surface area contributed by atoms with Crippen LogP contribution >= 0.6 is 17.9 Å². The maximum absolute atomic E-state index is 3.89. The molecule has 48 valence electrons. The van der Waals surface area contributed by atoms with Crippen LogP contribution in [0.5, 0.6) is 0 Å². The van der Waals surface area contributed by atoms with Gasteiger partial charge in [-0.05, 0) is 9.39 Å². The largest absolute Gasteiger partial charge is 0.242 e. The normalized spacial score (nSPS) is 11.5. The second-order valence-corrected chi connectivity index (χ2v) is 3.01. The Morgan fingerprint density at radius 2 is 2.00 bits per heavy atom. The van der Waals surface area contributed by atoms with E-state index in [9.17, 15) is 0 Å². The summed E-state index contributed by atoms with van der Waals surface area (Å²) in [6.45, 7) is 6.42. The molecule has 0 saturated heterocycles. The summed E-state index contributed by atoms with van der Waals surface area (Å²) in [5.74, 6) is 0. The van der Waals surface area contributed by atoms with E-state index in [1.165, 1.54) is 0 Å². The standard InChI is InChI=1S/C4H12N2P2/c1-3-6(4-2)8-5-7/h3-4,7H2,1-2H3. The van der Waals surface area contributed by atoms with Crippen molar-refractivity contribution in [1.29, 1.82) is 0 Å². The summed E-state index contributed by atoms with van der Waals surface area (Å²) in [4.78, 5) is 0. The van der Waals surface area contributed by atoms with Gasteiger partial charge in [0.15, 0.2) is 0 Å². The molecule has 0 saturated carbocycles. The minimum absolute atomic E-state index is 1.06. The van der Waals surface area contributed by atoms with Crippen molar-refractivity contribution >= 4 is 17.9 Å². The van der Waals surface area contributed by atoms with Crippen molar-refractivity contribution in [2.75, 3.05) is 13.1 Å². The summed E-state index contributed by atoms with van der Waals surface area (Å²) >= 11 is 0. The smallest absolute Gasteiger partial charge is 0.0967 e. The summed E-state index contributed by atoms with van der Waals surface area (Å²) in [6, 6.07) is 0. The highest BCUT2D eigenvalue weighted by Gasteiger charge is 1.89. The van der Waals surface area contributed by atoms with Crippen LogP contribution in [0.25, 0.3) is 0 Å². The first-order chi connectivity index (χ1) is 3.85. The van der Waals surface area contributed by atoms with Crippen molar-refractivity contribution in [1.82, 2.24) is 4.67 Å². The Balaban J connectivity index is 3.36. The maximum Gasteiger partial charge on any atom is 0.0967 e. The van der Waals surface area contributed by atoms with E-state index in [-0.39, 0.29) is 0 Å². The molecule has 0 aromatic heterocycles. The number of hydrogen-bond donors (Lipinski definition) is 0. The average molecular weight is 150 g/mol. The third-order valence-corrected chi connectivity index (χ3v) is 2.14. The molecule has 0 radical (unpaired) electrons. The molecule has 0 spiro atoms. The molecule has 4 heteroatoms. The molecular weight excluding hydrogens is 138 g/mol. The van der Waals surface area contributed by atoms with E-state index >= 15 is 0 Å². The predicted octanol–water partition coefficient (Wildman–Crippen LogP) is 2.16. The van der Waals surface area contributed by atoms with Gasteiger partial charge in [-0.2, -0.15) is 0 Å². The lowest BCUT2D eigenvalue weighted by Gasteiger charge is -2.07. The second kappa shape index (κ2) is 5.62. The van der Waals surface area contributed by atoms with Crippen molar-refractivity contribution in [3.8, 4) is 0 Å². The molecule has 2 nitrogen and oxygen atoms in total. The summed E-state index contributed by atoms with van der Waals surface area (Å²) < 4.78 is 6.11. The summed E-state index contributed by atoms with van der Waals surface area (Å²) in [5, 5.41) is 0. The molecule has 1 atom stereocenters. The minimum atomic E-state index is 1.06. The monoisotopic (exact) mass is 150 g/mol. The number of rotatable bonds is 3. The Kier molecular flexibility index (Phi) is 5.97. The highest BCUT2D eigenvalue weighted by atomic mass is 31.1. The van der Waals surface area contributed by atoms with Crippen molar-refractivity contribution < 1.29 is 0 Å². The van der Waals surface area contributed by atoms with Gasteiger partial charge in [0, 0.05) is 13.1 Å². The zero-order valence-electron chi connectivity index (χ0n) is 5.33. The molecule has 0 aromatic carbocycles. The molecule has 0 N–H and O–H groups in total. The van der Waals surface area contributed by atoms with Gasteiger partial charge in [0.2, 0.25) is 0 Å². The lowest BCUT2D eigenvalue weighted by molar-refractivity contribution is 0.520. The molecule has 0 rings (SSSR count). The van der Waals surface area contributed by atoms with Gasteiger partial charge in [0.1, 0.15) is 0 Å². The van der Waals surface area contributed by atoms with Gasteiger partial charge in [-0.1, -0.05) is 13.8 Å². The van der Waals surface area contributed by atoms with Crippen molar-refractivity contribution in [2.24, 2.45) is 4.52 Å². The predicted molar refractivity (Wildman–Crippen MR) is 42.0 cm³/mol. The van der Waals surface area contributed by atoms with Crippen LogP contribution in [-0.2, 0) is 0 Å². The van der Waals surface area contributed by atoms with E-state index in [1.54, 1.807) is 0 Å². The molecule has 0 aliphatic rings. The molecule has 0 aliphatic heterocycles. The van der Waals surface area contributed by atoms with E-state index < -0.39 is 0 Å². The van der Waals surface area contributed by atoms with E-state index in [0.717, 1.165) is 21.6 Å². The number of hydrogen-bond acceptors (Lipinski definition) is 1. The minimum Gasteiger partial charge on any atom is -0.242 e. The van der Waals surface area contributed by atoms with E-state index in [4.69, 9.17) is 0 Å². The molecule has 0 aliphatic carbocycles. The van der Waals surface area contributed by atoms with Crippen molar-refractivity contribution in [3.63, 3.8) is 0 Å². The van der Waals surface area contributed by atoms with Crippen LogP contribution < -0.4 is 0 Å². The van der Waals surface area contributed by atoms with Gasteiger partial charge >= 0.3 is 0 Å². The van der Waals surface area contributed by atoms with Gasteiger partial charge in [0.05, 0.1) is 8.52 Å². The van der Waals surface area contributed by atoms with Crippen molar-refractivity contribution in [3.05, 3.63) is 0 Å². The second-order valence-electron chi connectivity index (χ2n) is 1.34. The zero-order valence-corrected chi connectivity index (χ0v) is 7.38. The van der Waals surface area contributed by atoms with Crippen LogP contribution in [-0.4, -0.2) is 17.8 Å². The number of nitrogens with zero attached hydrogens (tertiary/aromatic N) is 2. The third kappa shape index (κ3) is 3.49. The van der Waals surface area contributed by atoms with E-state index in [2.05, 4.69) is 32.4 Å². The fraction of sp³-hybridized carbons (Fsp3) is 1.00. The third-order valence-electron chi connectivity index (χ3n) is 0.908. The fourth-order valence-electron chi connectivity index (χ4n) is 0.423. The topological polar surface area (TPSA) is 15.6 Å².